The maximum Gasteiger partial charge on any atom is 0.253 e. The van der Waals surface area contributed by atoms with Crippen LogP contribution in [0, 0.1) is 13.8 Å². The highest BCUT2D eigenvalue weighted by Crippen LogP contribution is 2.27. The van der Waals surface area contributed by atoms with Gasteiger partial charge in [0.15, 0.2) is 0 Å². The fourth-order valence-electron chi connectivity index (χ4n) is 4.49. The zero-order valence-electron chi connectivity index (χ0n) is 19.8. The molecule has 1 amide bonds. The van der Waals surface area contributed by atoms with E-state index in [2.05, 4.69) is 15.2 Å². The average Bonchev–Trinajstić information content (AvgIpc) is 3.36. The van der Waals surface area contributed by atoms with Crippen molar-refractivity contribution in [3.8, 4) is 5.88 Å². The molecule has 3 heterocycles. The topological polar surface area (TPSA) is 57.7 Å². The van der Waals surface area contributed by atoms with E-state index in [1.165, 1.54) is 12.8 Å². The van der Waals surface area contributed by atoms with Crippen molar-refractivity contribution in [2.24, 2.45) is 0 Å². The van der Waals surface area contributed by atoms with Crippen molar-refractivity contribution < 1.29 is 13.9 Å². The van der Waals surface area contributed by atoms with E-state index in [4.69, 9.17) is 4.74 Å². The lowest BCUT2D eigenvalue weighted by atomic mass is 9.92. The minimum Gasteiger partial charge on any atom is -0.476 e. The number of alkyl halides is 1. The normalized spacial score (nSPS) is 17.9. The van der Waals surface area contributed by atoms with Crippen molar-refractivity contribution in [1.29, 1.82) is 0 Å². The molecule has 0 saturated carbocycles. The number of ether oxygens (including phenoxy) is 1. The second kappa shape index (κ2) is 10.5. The average molecular weight is 455 g/mol. The van der Waals surface area contributed by atoms with E-state index in [-0.39, 0.29) is 12.5 Å². The molecule has 0 unspecified atom stereocenters. The second-order valence-corrected chi connectivity index (χ2v) is 9.30. The van der Waals surface area contributed by atoms with Crippen molar-refractivity contribution in [2.45, 2.75) is 45.2 Å². The number of pyridine rings is 1. The zero-order chi connectivity index (χ0) is 23.3. The van der Waals surface area contributed by atoms with Gasteiger partial charge in [-0.15, -0.1) is 0 Å². The van der Waals surface area contributed by atoms with Crippen LogP contribution in [0.2, 0.25) is 0 Å². The SMILES string of the molecule is Cc1ccc(C(=O)N2CCC(F)(CNCCOc3cccc(N4CCCC4)n3)CC2)cc1C. The molecular weight excluding hydrogens is 419 g/mol. The smallest absolute Gasteiger partial charge is 0.253 e. The lowest BCUT2D eigenvalue weighted by Crippen LogP contribution is -2.49. The number of carbonyl (C=O) groups excluding carboxylic acids is 1. The Kier molecular flexibility index (Phi) is 7.48. The Hall–Kier alpha value is -2.67. The summed E-state index contributed by atoms with van der Waals surface area (Å²) in [6, 6.07) is 11.6. The number of benzene rings is 1. The summed E-state index contributed by atoms with van der Waals surface area (Å²) >= 11 is 0. The third-order valence-corrected chi connectivity index (χ3v) is 6.81. The maximum atomic E-state index is 15.2. The molecule has 0 atom stereocenters. The molecule has 0 bridgehead atoms. The van der Waals surface area contributed by atoms with E-state index in [0.717, 1.165) is 30.0 Å². The highest BCUT2D eigenvalue weighted by Gasteiger charge is 2.35. The summed E-state index contributed by atoms with van der Waals surface area (Å²) in [5, 5.41) is 3.18. The van der Waals surface area contributed by atoms with Crippen molar-refractivity contribution in [3.05, 3.63) is 53.1 Å². The summed E-state index contributed by atoms with van der Waals surface area (Å²) < 4.78 is 21.0. The Morgan fingerprint density at radius 1 is 1.09 bits per heavy atom. The van der Waals surface area contributed by atoms with Crippen LogP contribution in [0.1, 0.15) is 47.2 Å². The lowest BCUT2D eigenvalue weighted by molar-refractivity contribution is 0.0433. The van der Waals surface area contributed by atoms with Crippen LogP contribution in [0.5, 0.6) is 5.88 Å². The number of likely N-dealkylation sites (tertiary alicyclic amines) is 1. The minimum atomic E-state index is -1.30. The van der Waals surface area contributed by atoms with Crippen LogP contribution in [-0.4, -0.2) is 67.3 Å². The van der Waals surface area contributed by atoms with Gasteiger partial charge >= 0.3 is 0 Å². The van der Waals surface area contributed by atoms with Gasteiger partial charge in [-0.3, -0.25) is 4.79 Å². The summed E-state index contributed by atoms with van der Waals surface area (Å²) in [4.78, 5) is 21.4. The molecule has 178 valence electrons. The Labute approximate surface area is 196 Å². The van der Waals surface area contributed by atoms with Gasteiger partial charge in [0.05, 0.1) is 0 Å². The summed E-state index contributed by atoms with van der Waals surface area (Å²) in [5.74, 6) is 1.56. The predicted molar refractivity (Wildman–Crippen MR) is 129 cm³/mol. The van der Waals surface area contributed by atoms with Crippen molar-refractivity contribution >= 4 is 11.7 Å². The summed E-state index contributed by atoms with van der Waals surface area (Å²) in [6.45, 7) is 8.25. The molecule has 0 radical (unpaired) electrons. The number of nitrogens with one attached hydrogen (secondary N) is 1. The zero-order valence-corrected chi connectivity index (χ0v) is 19.8. The Morgan fingerprint density at radius 2 is 1.85 bits per heavy atom. The number of aryl methyl sites for hydroxylation is 2. The van der Waals surface area contributed by atoms with Crippen molar-refractivity contribution in [1.82, 2.24) is 15.2 Å². The largest absolute Gasteiger partial charge is 0.476 e. The monoisotopic (exact) mass is 454 g/mol. The Balaban J connectivity index is 1.17. The van der Waals surface area contributed by atoms with Gasteiger partial charge in [-0.05, 0) is 56.0 Å². The van der Waals surface area contributed by atoms with Gasteiger partial charge in [0.2, 0.25) is 5.88 Å². The number of rotatable bonds is 8. The number of halogens is 1. The van der Waals surface area contributed by atoms with Gasteiger partial charge in [0.25, 0.3) is 5.91 Å². The van der Waals surface area contributed by atoms with E-state index in [1.54, 1.807) is 4.90 Å². The number of carbonyl (C=O) groups is 1. The maximum absolute atomic E-state index is 15.2. The van der Waals surface area contributed by atoms with Crippen molar-refractivity contribution in [2.75, 3.05) is 50.8 Å². The Morgan fingerprint density at radius 3 is 2.58 bits per heavy atom. The highest BCUT2D eigenvalue weighted by molar-refractivity contribution is 5.94. The van der Waals surface area contributed by atoms with Crippen LogP contribution in [0.3, 0.4) is 0 Å². The fourth-order valence-corrected chi connectivity index (χ4v) is 4.49. The third-order valence-electron chi connectivity index (χ3n) is 6.81. The number of piperidine rings is 1. The van der Waals surface area contributed by atoms with Crippen LogP contribution < -0.4 is 15.0 Å². The molecule has 7 heteroatoms. The van der Waals surface area contributed by atoms with Gasteiger partial charge in [0, 0.05) is 63.7 Å². The number of hydrogen-bond acceptors (Lipinski definition) is 5. The molecule has 0 aliphatic carbocycles. The van der Waals surface area contributed by atoms with Crippen LogP contribution in [0.25, 0.3) is 0 Å². The first-order chi connectivity index (χ1) is 15.9. The standard InChI is InChI=1S/C26H35FN4O2/c1-20-8-9-22(18-21(20)2)25(32)31-15-10-26(27,11-16-31)19-28-12-17-33-24-7-5-6-23(29-24)30-13-3-4-14-30/h5-9,18,28H,3-4,10-17,19H2,1-2H3. The first-order valence-electron chi connectivity index (χ1n) is 12.0. The van der Waals surface area contributed by atoms with Gasteiger partial charge < -0.3 is 19.9 Å². The van der Waals surface area contributed by atoms with Crippen LogP contribution in [-0.2, 0) is 0 Å². The first kappa shape index (κ1) is 23.5. The first-order valence-corrected chi connectivity index (χ1v) is 12.0. The lowest BCUT2D eigenvalue weighted by Gasteiger charge is -2.36. The molecule has 1 N–H and O–H groups in total. The molecule has 33 heavy (non-hydrogen) atoms. The number of aromatic nitrogens is 1. The van der Waals surface area contributed by atoms with Gasteiger partial charge in [-0.1, -0.05) is 12.1 Å². The molecule has 6 nitrogen and oxygen atoms in total. The third kappa shape index (κ3) is 6.02. The van der Waals surface area contributed by atoms with Crippen LogP contribution in [0.15, 0.2) is 36.4 Å². The number of hydrogen-bond donors (Lipinski definition) is 1. The number of anilines is 1. The van der Waals surface area contributed by atoms with Gasteiger partial charge in [0.1, 0.15) is 18.1 Å². The van der Waals surface area contributed by atoms with E-state index in [9.17, 15) is 4.79 Å². The van der Waals surface area contributed by atoms with E-state index >= 15 is 4.39 Å². The highest BCUT2D eigenvalue weighted by atomic mass is 19.1. The molecule has 0 spiro atoms. The molecule has 2 aliphatic heterocycles. The van der Waals surface area contributed by atoms with Crippen LogP contribution in [0.4, 0.5) is 10.2 Å². The fraction of sp³-hybridized carbons (Fsp3) is 0.538. The summed E-state index contributed by atoms with van der Waals surface area (Å²) in [5.41, 5.74) is 1.65. The molecule has 2 aromatic rings. The van der Waals surface area contributed by atoms with E-state index < -0.39 is 5.67 Å². The molecule has 1 aromatic heterocycles. The van der Waals surface area contributed by atoms with Crippen LogP contribution >= 0.6 is 0 Å². The van der Waals surface area contributed by atoms with E-state index in [1.807, 2.05) is 50.2 Å². The van der Waals surface area contributed by atoms with E-state index in [0.29, 0.717) is 50.5 Å². The summed E-state index contributed by atoms with van der Waals surface area (Å²) in [6.07, 6.45) is 3.10. The molecule has 2 saturated heterocycles. The summed E-state index contributed by atoms with van der Waals surface area (Å²) in [7, 11) is 0. The Bertz CT molecular complexity index is 953. The number of amides is 1. The second-order valence-electron chi connectivity index (χ2n) is 9.30. The quantitative estimate of drug-likeness (QED) is 0.613. The molecular formula is C26H35FN4O2. The van der Waals surface area contributed by atoms with Gasteiger partial charge in [-0.2, -0.15) is 4.98 Å². The molecule has 2 fully saturated rings. The molecule has 2 aliphatic rings. The molecule has 1 aromatic carbocycles. The van der Waals surface area contributed by atoms with Gasteiger partial charge in [-0.25, -0.2) is 4.39 Å². The number of nitrogens with zero attached hydrogens (tertiary/aromatic N) is 3. The van der Waals surface area contributed by atoms with Crippen molar-refractivity contribution in [3.63, 3.8) is 0 Å². The minimum absolute atomic E-state index is 0.00910. The predicted octanol–water partition coefficient (Wildman–Crippen LogP) is 3.91. The molecule has 4 rings (SSSR count).